The van der Waals surface area contributed by atoms with Crippen molar-refractivity contribution >= 4 is 0 Å². The standard InChI is InChI=1S/C26H34/c1-4-22(20-9-7-5-6-8-10-20)21-13-16-24-19(3)23-14-11-18(2)12-15-25(23)26(24)17-21/h4,12-13,15-17,20,22-24,26H,1,3,5-11,14H2,2H3. The quantitative estimate of drug-likeness (QED) is 0.370. The van der Waals surface area contributed by atoms with Gasteiger partial charge in [-0.25, -0.2) is 0 Å². The minimum atomic E-state index is 0.515. The molecular formula is C26H34. The minimum absolute atomic E-state index is 0.515. The topological polar surface area (TPSA) is 0 Å². The summed E-state index contributed by atoms with van der Waals surface area (Å²) in [6.45, 7) is 11.0. The van der Waals surface area contributed by atoms with E-state index in [0.717, 1.165) is 5.92 Å². The first-order chi connectivity index (χ1) is 12.7. The highest BCUT2D eigenvalue weighted by Gasteiger charge is 2.41. The number of allylic oxidation sites excluding steroid dienone is 10. The van der Waals surface area contributed by atoms with Gasteiger partial charge in [-0.3, -0.25) is 0 Å². The average molecular weight is 347 g/mol. The predicted octanol–water partition coefficient (Wildman–Crippen LogP) is 7.34. The normalized spacial score (nSPS) is 33.2. The largest absolute Gasteiger partial charge is 0.102 e. The van der Waals surface area contributed by atoms with Crippen molar-refractivity contribution in [2.75, 3.05) is 0 Å². The monoisotopic (exact) mass is 346 g/mol. The maximum Gasteiger partial charge on any atom is 0.00924 e. The van der Waals surface area contributed by atoms with Gasteiger partial charge in [-0.15, -0.1) is 6.58 Å². The fourth-order valence-electron chi connectivity index (χ4n) is 5.80. The van der Waals surface area contributed by atoms with Crippen molar-refractivity contribution in [2.24, 2.45) is 29.6 Å². The van der Waals surface area contributed by atoms with Crippen molar-refractivity contribution < 1.29 is 0 Å². The summed E-state index contributed by atoms with van der Waals surface area (Å²) in [6, 6.07) is 0. The van der Waals surface area contributed by atoms with Crippen molar-refractivity contribution in [3.05, 3.63) is 71.9 Å². The van der Waals surface area contributed by atoms with Gasteiger partial charge in [-0.05, 0) is 44.1 Å². The number of rotatable bonds is 3. The molecule has 0 aliphatic heterocycles. The highest BCUT2D eigenvalue weighted by Crippen LogP contribution is 2.52. The van der Waals surface area contributed by atoms with Gasteiger partial charge in [0.05, 0.1) is 0 Å². The average Bonchev–Trinajstić information content (AvgIpc) is 2.89. The fourth-order valence-corrected chi connectivity index (χ4v) is 5.80. The van der Waals surface area contributed by atoms with Crippen LogP contribution in [0.2, 0.25) is 0 Å². The van der Waals surface area contributed by atoms with E-state index in [9.17, 15) is 0 Å². The van der Waals surface area contributed by atoms with Gasteiger partial charge in [-0.1, -0.05) is 85.4 Å². The molecule has 4 rings (SSSR count). The van der Waals surface area contributed by atoms with E-state index in [4.69, 9.17) is 0 Å². The molecule has 138 valence electrons. The molecule has 4 aliphatic rings. The van der Waals surface area contributed by atoms with Gasteiger partial charge in [0, 0.05) is 23.7 Å². The Morgan fingerprint density at radius 1 is 1.04 bits per heavy atom. The van der Waals surface area contributed by atoms with Gasteiger partial charge >= 0.3 is 0 Å². The maximum atomic E-state index is 4.52. The summed E-state index contributed by atoms with van der Waals surface area (Å²) in [5.74, 6) is 2.94. The summed E-state index contributed by atoms with van der Waals surface area (Å²) in [4.78, 5) is 0. The zero-order valence-corrected chi connectivity index (χ0v) is 16.4. The van der Waals surface area contributed by atoms with Crippen LogP contribution in [0.25, 0.3) is 0 Å². The zero-order valence-electron chi connectivity index (χ0n) is 16.4. The molecule has 0 bridgehead atoms. The smallest absolute Gasteiger partial charge is 0.00924 e. The first-order valence-corrected chi connectivity index (χ1v) is 10.8. The molecular weight excluding hydrogens is 312 g/mol. The molecule has 0 aromatic rings. The summed E-state index contributed by atoms with van der Waals surface area (Å²) in [5, 5.41) is 0. The second kappa shape index (κ2) is 7.59. The molecule has 26 heavy (non-hydrogen) atoms. The Hall–Kier alpha value is -1.56. The van der Waals surface area contributed by atoms with E-state index in [1.54, 1.807) is 5.57 Å². The Bertz CT molecular complexity index is 688. The molecule has 0 saturated heterocycles. The van der Waals surface area contributed by atoms with Crippen molar-refractivity contribution in [1.82, 2.24) is 0 Å². The lowest BCUT2D eigenvalue weighted by atomic mass is 9.76. The van der Waals surface area contributed by atoms with Crippen LogP contribution in [0.15, 0.2) is 71.9 Å². The summed E-state index contributed by atoms with van der Waals surface area (Å²) in [7, 11) is 0. The van der Waals surface area contributed by atoms with Gasteiger partial charge in [0.15, 0.2) is 0 Å². The van der Waals surface area contributed by atoms with E-state index in [2.05, 4.69) is 56.5 Å². The molecule has 0 heterocycles. The summed E-state index contributed by atoms with van der Waals surface area (Å²) in [5.41, 5.74) is 6.09. The molecule has 0 amide bonds. The molecule has 0 nitrogen and oxygen atoms in total. The molecule has 4 atom stereocenters. The van der Waals surface area contributed by atoms with E-state index in [1.807, 2.05) is 0 Å². The lowest BCUT2D eigenvalue weighted by molar-refractivity contribution is 0.388. The van der Waals surface area contributed by atoms with Crippen LogP contribution in [-0.4, -0.2) is 0 Å². The SMILES string of the molecule is C=CC(C1=CC2C3=CC=C(C)CCC3C(=C)C2C=C1)C1CCCCCC1. The highest BCUT2D eigenvalue weighted by molar-refractivity contribution is 5.47. The first kappa shape index (κ1) is 17.8. The van der Waals surface area contributed by atoms with Gasteiger partial charge in [0.1, 0.15) is 0 Å². The van der Waals surface area contributed by atoms with Crippen molar-refractivity contribution in [3.63, 3.8) is 0 Å². The second-order valence-electron chi connectivity index (χ2n) is 8.94. The zero-order chi connectivity index (χ0) is 18.1. The third kappa shape index (κ3) is 3.24. The Balaban J connectivity index is 1.63. The third-order valence-electron chi connectivity index (χ3n) is 7.35. The van der Waals surface area contributed by atoms with Gasteiger partial charge in [0.2, 0.25) is 0 Å². The van der Waals surface area contributed by atoms with Crippen LogP contribution in [0, 0.1) is 29.6 Å². The van der Waals surface area contributed by atoms with Crippen LogP contribution < -0.4 is 0 Å². The molecule has 0 heteroatoms. The maximum absolute atomic E-state index is 4.52. The number of hydrogen-bond acceptors (Lipinski definition) is 0. The van der Waals surface area contributed by atoms with Crippen molar-refractivity contribution in [1.29, 1.82) is 0 Å². The first-order valence-electron chi connectivity index (χ1n) is 10.8. The van der Waals surface area contributed by atoms with Crippen LogP contribution in [0.4, 0.5) is 0 Å². The van der Waals surface area contributed by atoms with Crippen molar-refractivity contribution in [2.45, 2.75) is 58.3 Å². The molecule has 0 radical (unpaired) electrons. The van der Waals surface area contributed by atoms with Crippen LogP contribution in [0.3, 0.4) is 0 Å². The Morgan fingerprint density at radius 3 is 2.54 bits per heavy atom. The van der Waals surface area contributed by atoms with Crippen LogP contribution in [0.5, 0.6) is 0 Å². The summed E-state index contributed by atoms with van der Waals surface area (Å²) >= 11 is 0. The third-order valence-corrected chi connectivity index (χ3v) is 7.35. The predicted molar refractivity (Wildman–Crippen MR) is 113 cm³/mol. The summed E-state index contributed by atoms with van der Waals surface area (Å²) in [6.07, 6.45) is 25.3. The second-order valence-corrected chi connectivity index (χ2v) is 8.94. The van der Waals surface area contributed by atoms with E-state index in [0.29, 0.717) is 23.7 Å². The lowest BCUT2D eigenvalue weighted by Crippen LogP contribution is -2.18. The van der Waals surface area contributed by atoms with Gasteiger partial charge < -0.3 is 0 Å². The molecule has 4 aliphatic carbocycles. The molecule has 2 saturated carbocycles. The van der Waals surface area contributed by atoms with E-state index >= 15 is 0 Å². The van der Waals surface area contributed by atoms with Crippen LogP contribution in [0.1, 0.15) is 58.3 Å². The summed E-state index contributed by atoms with van der Waals surface area (Å²) < 4.78 is 0. The Labute approximate surface area is 160 Å². The highest BCUT2D eigenvalue weighted by atomic mass is 14.4. The molecule has 2 fully saturated rings. The van der Waals surface area contributed by atoms with Crippen LogP contribution >= 0.6 is 0 Å². The van der Waals surface area contributed by atoms with Crippen LogP contribution in [-0.2, 0) is 0 Å². The molecule has 0 aromatic heterocycles. The van der Waals surface area contributed by atoms with Gasteiger partial charge in [0.25, 0.3) is 0 Å². The van der Waals surface area contributed by atoms with Gasteiger partial charge in [-0.2, -0.15) is 0 Å². The number of fused-ring (bicyclic) bond motifs is 3. The fraction of sp³-hybridized carbons (Fsp3) is 0.538. The molecule has 0 N–H and O–H groups in total. The molecule has 0 aromatic carbocycles. The minimum Gasteiger partial charge on any atom is -0.102 e. The van der Waals surface area contributed by atoms with E-state index in [-0.39, 0.29) is 0 Å². The molecule has 4 unspecified atom stereocenters. The Kier molecular flexibility index (Phi) is 5.20. The van der Waals surface area contributed by atoms with Crippen molar-refractivity contribution in [3.8, 4) is 0 Å². The van der Waals surface area contributed by atoms with E-state index < -0.39 is 0 Å². The number of hydrogen-bond donors (Lipinski definition) is 0. The lowest BCUT2D eigenvalue weighted by Gasteiger charge is -2.29. The van der Waals surface area contributed by atoms with E-state index in [1.165, 1.54) is 68.1 Å². The Morgan fingerprint density at radius 2 is 1.81 bits per heavy atom. The molecule has 0 spiro atoms.